The zero-order valence-corrected chi connectivity index (χ0v) is 12.8. The van der Waals surface area contributed by atoms with Crippen molar-refractivity contribution in [2.75, 3.05) is 0 Å². The highest BCUT2D eigenvalue weighted by Crippen LogP contribution is 2.12. The van der Waals surface area contributed by atoms with Crippen molar-refractivity contribution in [3.63, 3.8) is 0 Å². The second-order valence-corrected chi connectivity index (χ2v) is 5.28. The van der Waals surface area contributed by atoms with Gasteiger partial charge in [-0.25, -0.2) is 0 Å². The number of unbranched alkanes of at least 4 members (excludes halogenated alkanes) is 3. The zero-order chi connectivity index (χ0) is 12.8. The van der Waals surface area contributed by atoms with Gasteiger partial charge in [-0.2, -0.15) is 0 Å². The van der Waals surface area contributed by atoms with Crippen molar-refractivity contribution in [1.82, 2.24) is 0 Å². The van der Waals surface area contributed by atoms with Crippen molar-refractivity contribution in [2.24, 2.45) is 11.8 Å². The van der Waals surface area contributed by atoms with Crippen LogP contribution in [0.4, 0.5) is 0 Å². The van der Waals surface area contributed by atoms with Gasteiger partial charge in [0, 0.05) is 0 Å². The molecule has 0 heterocycles. The van der Waals surface area contributed by atoms with Crippen LogP contribution in [0.15, 0.2) is 0 Å². The number of hydrogen-bond donors (Lipinski definition) is 0. The van der Waals surface area contributed by atoms with Gasteiger partial charge < -0.3 is 0 Å². The summed E-state index contributed by atoms with van der Waals surface area (Å²) in [5.41, 5.74) is 0. The van der Waals surface area contributed by atoms with Crippen LogP contribution >= 0.6 is 0 Å². The fourth-order valence-electron chi connectivity index (χ4n) is 1.41. The molecule has 0 aromatic carbocycles. The van der Waals surface area contributed by atoms with Crippen LogP contribution in [0, 0.1) is 11.8 Å². The van der Waals surface area contributed by atoms with Gasteiger partial charge in [0.15, 0.2) is 0 Å². The molecule has 0 aliphatic carbocycles. The molecular formula is C16H36. The Hall–Kier alpha value is 0. The molecule has 0 bridgehead atoms. The van der Waals surface area contributed by atoms with E-state index in [1.165, 1.54) is 51.4 Å². The molecule has 0 aliphatic heterocycles. The highest BCUT2D eigenvalue weighted by molar-refractivity contribution is 4.50. The van der Waals surface area contributed by atoms with Gasteiger partial charge in [0.1, 0.15) is 0 Å². The van der Waals surface area contributed by atoms with E-state index in [1.807, 2.05) is 0 Å². The van der Waals surface area contributed by atoms with Crippen LogP contribution in [0.1, 0.15) is 92.9 Å². The zero-order valence-electron chi connectivity index (χ0n) is 12.8. The summed E-state index contributed by atoms with van der Waals surface area (Å²) in [5.74, 6) is 1.89. The van der Waals surface area contributed by atoms with Gasteiger partial charge in [0.05, 0.1) is 0 Å². The average molecular weight is 228 g/mol. The van der Waals surface area contributed by atoms with Gasteiger partial charge in [-0.15, -0.1) is 0 Å². The number of hydrogen-bond acceptors (Lipinski definition) is 0. The summed E-state index contributed by atoms with van der Waals surface area (Å²) in [6.45, 7) is 13.6. The highest BCUT2D eigenvalue weighted by atomic mass is 14.0. The van der Waals surface area contributed by atoms with Gasteiger partial charge in [0.2, 0.25) is 0 Å². The van der Waals surface area contributed by atoms with Crippen molar-refractivity contribution >= 4 is 0 Å². The van der Waals surface area contributed by atoms with Crippen molar-refractivity contribution in [3.05, 3.63) is 0 Å². The standard InChI is InChI=1S/C10H22.C6H14/c1-4-6-7-8-9-10(3)5-2;1-4-6(3)5-2/h10H,4-9H2,1-3H3;6H,4-5H2,1-3H3. The summed E-state index contributed by atoms with van der Waals surface area (Å²) in [7, 11) is 0. The van der Waals surface area contributed by atoms with Crippen LogP contribution in [-0.2, 0) is 0 Å². The van der Waals surface area contributed by atoms with Crippen molar-refractivity contribution in [3.8, 4) is 0 Å². The topological polar surface area (TPSA) is 0 Å². The van der Waals surface area contributed by atoms with E-state index in [4.69, 9.17) is 0 Å². The quantitative estimate of drug-likeness (QED) is 0.419. The summed E-state index contributed by atoms with van der Waals surface area (Å²) in [6, 6.07) is 0. The molecule has 0 saturated heterocycles. The third-order valence-corrected chi connectivity index (χ3v) is 3.64. The first-order valence-electron chi connectivity index (χ1n) is 7.62. The molecule has 0 nitrogen and oxygen atoms in total. The van der Waals surface area contributed by atoms with E-state index in [9.17, 15) is 0 Å². The van der Waals surface area contributed by atoms with E-state index >= 15 is 0 Å². The van der Waals surface area contributed by atoms with Gasteiger partial charge in [-0.3, -0.25) is 0 Å². The Kier molecular flexibility index (Phi) is 17.2. The predicted molar refractivity (Wildman–Crippen MR) is 78.0 cm³/mol. The SMILES string of the molecule is CCC(C)CC.CCCCCCC(C)CC. The molecule has 16 heavy (non-hydrogen) atoms. The Bertz CT molecular complexity index is 103. The van der Waals surface area contributed by atoms with Crippen molar-refractivity contribution < 1.29 is 0 Å². The molecule has 0 amide bonds. The summed E-state index contributed by atoms with van der Waals surface area (Å²) < 4.78 is 0. The Morgan fingerprint density at radius 1 is 0.625 bits per heavy atom. The summed E-state index contributed by atoms with van der Waals surface area (Å²) in [5, 5.41) is 0. The van der Waals surface area contributed by atoms with Crippen LogP contribution < -0.4 is 0 Å². The Morgan fingerprint density at radius 2 is 1.12 bits per heavy atom. The summed E-state index contributed by atoms with van der Waals surface area (Å²) >= 11 is 0. The molecule has 1 unspecified atom stereocenters. The van der Waals surface area contributed by atoms with Gasteiger partial charge in [-0.1, -0.05) is 92.9 Å². The lowest BCUT2D eigenvalue weighted by atomic mass is 10.0. The molecular weight excluding hydrogens is 192 g/mol. The van der Waals surface area contributed by atoms with E-state index < -0.39 is 0 Å². The molecule has 0 radical (unpaired) electrons. The second kappa shape index (κ2) is 15.0. The van der Waals surface area contributed by atoms with Crippen LogP contribution in [-0.4, -0.2) is 0 Å². The van der Waals surface area contributed by atoms with E-state index in [1.54, 1.807) is 0 Å². The molecule has 0 fully saturated rings. The fourth-order valence-corrected chi connectivity index (χ4v) is 1.41. The van der Waals surface area contributed by atoms with Crippen molar-refractivity contribution in [1.29, 1.82) is 0 Å². The largest absolute Gasteiger partial charge is 0.0654 e. The normalized spacial score (nSPS) is 12.2. The maximum absolute atomic E-state index is 2.35. The van der Waals surface area contributed by atoms with Crippen LogP contribution in [0.2, 0.25) is 0 Å². The highest BCUT2D eigenvalue weighted by Gasteiger charge is 1.96. The van der Waals surface area contributed by atoms with Crippen LogP contribution in [0.25, 0.3) is 0 Å². The molecule has 100 valence electrons. The average Bonchev–Trinajstić information content (AvgIpc) is 2.34. The third kappa shape index (κ3) is 16.4. The Balaban J connectivity index is 0. The Morgan fingerprint density at radius 3 is 1.44 bits per heavy atom. The van der Waals surface area contributed by atoms with Gasteiger partial charge >= 0.3 is 0 Å². The minimum absolute atomic E-state index is 0.935. The molecule has 0 saturated carbocycles. The number of rotatable bonds is 8. The minimum atomic E-state index is 0.935. The van der Waals surface area contributed by atoms with Gasteiger partial charge in [0.25, 0.3) is 0 Å². The molecule has 0 rings (SSSR count). The van der Waals surface area contributed by atoms with E-state index in [0.29, 0.717) is 0 Å². The molecule has 0 N–H and O–H groups in total. The summed E-state index contributed by atoms with van der Waals surface area (Å²) in [4.78, 5) is 0. The molecule has 0 aromatic rings. The maximum atomic E-state index is 2.35. The van der Waals surface area contributed by atoms with Crippen LogP contribution in [0.5, 0.6) is 0 Å². The second-order valence-electron chi connectivity index (χ2n) is 5.28. The first-order valence-corrected chi connectivity index (χ1v) is 7.62. The van der Waals surface area contributed by atoms with E-state index in [2.05, 4.69) is 41.5 Å². The smallest absolute Gasteiger partial charge is 0.0445 e. The first kappa shape index (κ1) is 18.4. The third-order valence-electron chi connectivity index (χ3n) is 3.64. The molecule has 0 aliphatic rings. The van der Waals surface area contributed by atoms with E-state index in [-0.39, 0.29) is 0 Å². The molecule has 1 atom stereocenters. The minimum Gasteiger partial charge on any atom is -0.0654 e. The summed E-state index contributed by atoms with van der Waals surface area (Å²) in [6.07, 6.45) is 11.1. The van der Waals surface area contributed by atoms with Crippen LogP contribution in [0.3, 0.4) is 0 Å². The fraction of sp³-hybridized carbons (Fsp3) is 1.00. The van der Waals surface area contributed by atoms with Gasteiger partial charge in [-0.05, 0) is 11.8 Å². The molecule has 0 heteroatoms. The lowest BCUT2D eigenvalue weighted by Crippen LogP contribution is -1.91. The monoisotopic (exact) mass is 228 g/mol. The molecule has 0 spiro atoms. The van der Waals surface area contributed by atoms with Crippen molar-refractivity contribution in [2.45, 2.75) is 92.9 Å². The molecule has 0 aromatic heterocycles. The first-order chi connectivity index (χ1) is 7.62. The predicted octanol–water partition coefficient (Wildman–Crippen LogP) is 6.45. The maximum Gasteiger partial charge on any atom is -0.0445 e. The van der Waals surface area contributed by atoms with E-state index in [0.717, 1.165) is 11.8 Å². The Labute approximate surface area is 105 Å². The lowest BCUT2D eigenvalue weighted by molar-refractivity contribution is 0.477. The lowest BCUT2D eigenvalue weighted by Gasteiger charge is -2.06.